The predicted octanol–water partition coefficient (Wildman–Crippen LogP) is 3.45. The summed E-state index contributed by atoms with van der Waals surface area (Å²) in [5.74, 6) is 0.507. The van der Waals surface area contributed by atoms with Crippen LogP contribution in [0.15, 0.2) is 34.3 Å². The molecule has 0 bridgehead atoms. The monoisotopic (exact) mass is 253 g/mol. The minimum absolute atomic E-state index is 0.507. The summed E-state index contributed by atoms with van der Waals surface area (Å²) in [7, 11) is 0. The first kappa shape index (κ1) is 11.5. The van der Waals surface area contributed by atoms with Crippen molar-refractivity contribution in [2.24, 2.45) is 11.7 Å². The second-order valence-electron chi connectivity index (χ2n) is 3.60. The zero-order valence-electron chi connectivity index (χ0n) is 8.63. The van der Waals surface area contributed by atoms with Crippen molar-refractivity contribution in [3.63, 3.8) is 0 Å². The van der Waals surface area contributed by atoms with E-state index < -0.39 is 0 Å². The molecule has 1 rings (SSSR count). The van der Waals surface area contributed by atoms with Gasteiger partial charge >= 0.3 is 0 Å². The smallest absolute Gasteiger partial charge is 0.0247 e. The number of benzene rings is 1. The minimum atomic E-state index is 0.507. The molecule has 1 aromatic carbocycles. The van der Waals surface area contributed by atoms with Gasteiger partial charge in [-0.2, -0.15) is 0 Å². The highest BCUT2D eigenvalue weighted by molar-refractivity contribution is 9.10. The summed E-state index contributed by atoms with van der Waals surface area (Å²) >= 11 is 3.52. The Morgan fingerprint density at radius 1 is 1.43 bits per heavy atom. The highest BCUT2D eigenvalue weighted by Gasteiger charge is 2.02. The standard InChI is InChI=1S/C12H16BrN/c1-9(2)11(8-14)7-10-5-3-4-6-12(10)13/h3-7,9H,8,14H2,1-2H3. The van der Waals surface area contributed by atoms with Crippen LogP contribution in [0.4, 0.5) is 0 Å². The summed E-state index contributed by atoms with van der Waals surface area (Å²) < 4.78 is 1.12. The van der Waals surface area contributed by atoms with Crippen molar-refractivity contribution >= 4 is 22.0 Å². The quantitative estimate of drug-likeness (QED) is 0.878. The fourth-order valence-corrected chi connectivity index (χ4v) is 1.65. The third-order valence-corrected chi connectivity index (χ3v) is 2.95. The number of halogens is 1. The van der Waals surface area contributed by atoms with Crippen LogP contribution in [0.1, 0.15) is 19.4 Å². The van der Waals surface area contributed by atoms with Gasteiger partial charge in [0.2, 0.25) is 0 Å². The maximum absolute atomic E-state index is 5.69. The van der Waals surface area contributed by atoms with Gasteiger partial charge in [-0.15, -0.1) is 0 Å². The van der Waals surface area contributed by atoms with E-state index in [1.165, 1.54) is 11.1 Å². The summed E-state index contributed by atoms with van der Waals surface area (Å²) in [5.41, 5.74) is 8.16. The van der Waals surface area contributed by atoms with Gasteiger partial charge in [0, 0.05) is 11.0 Å². The normalized spacial score (nSPS) is 12.2. The van der Waals surface area contributed by atoms with Crippen molar-refractivity contribution < 1.29 is 0 Å². The number of hydrogen-bond acceptors (Lipinski definition) is 1. The molecule has 0 aliphatic heterocycles. The Hall–Kier alpha value is -0.600. The molecule has 14 heavy (non-hydrogen) atoms. The number of nitrogens with two attached hydrogens (primary N) is 1. The molecule has 2 N–H and O–H groups in total. The maximum Gasteiger partial charge on any atom is 0.0247 e. The zero-order chi connectivity index (χ0) is 10.6. The first-order valence-electron chi connectivity index (χ1n) is 4.80. The molecule has 0 saturated heterocycles. The molecule has 0 aliphatic carbocycles. The fraction of sp³-hybridized carbons (Fsp3) is 0.333. The molecule has 0 radical (unpaired) electrons. The lowest BCUT2D eigenvalue weighted by molar-refractivity contribution is 0.752. The Morgan fingerprint density at radius 3 is 2.57 bits per heavy atom. The molecule has 0 amide bonds. The maximum atomic E-state index is 5.69. The average Bonchev–Trinajstić information content (AvgIpc) is 2.16. The van der Waals surface area contributed by atoms with Gasteiger partial charge < -0.3 is 5.73 Å². The van der Waals surface area contributed by atoms with E-state index in [9.17, 15) is 0 Å². The fourth-order valence-electron chi connectivity index (χ4n) is 1.25. The van der Waals surface area contributed by atoms with Crippen molar-refractivity contribution in [2.45, 2.75) is 13.8 Å². The van der Waals surface area contributed by atoms with Crippen LogP contribution in [0, 0.1) is 5.92 Å². The third-order valence-electron chi connectivity index (χ3n) is 2.22. The molecule has 1 nitrogen and oxygen atoms in total. The number of rotatable bonds is 3. The zero-order valence-corrected chi connectivity index (χ0v) is 10.2. The van der Waals surface area contributed by atoms with E-state index in [2.05, 4.69) is 41.9 Å². The van der Waals surface area contributed by atoms with Gasteiger partial charge in [-0.1, -0.05) is 59.6 Å². The van der Waals surface area contributed by atoms with Gasteiger partial charge in [-0.3, -0.25) is 0 Å². The largest absolute Gasteiger partial charge is 0.327 e. The van der Waals surface area contributed by atoms with E-state index in [0.717, 1.165) is 4.47 Å². The predicted molar refractivity (Wildman–Crippen MR) is 66.0 cm³/mol. The topological polar surface area (TPSA) is 26.0 Å². The summed E-state index contributed by atoms with van der Waals surface area (Å²) in [5, 5.41) is 0. The highest BCUT2D eigenvalue weighted by atomic mass is 79.9. The van der Waals surface area contributed by atoms with Gasteiger partial charge in [0.05, 0.1) is 0 Å². The van der Waals surface area contributed by atoms with Crippen LogP contribution in [-0.2, 0) is 0 Å². The van der Waals surface area contributed by atoms with Gasteiger partial charge in [0.15, 0.2) is 0 Å². The van der Waals surface area contributed by atoms with E-state index >= 15 is 0 Å². The lowest BCUT2D eigenvalue weighted by atomic mass is 10.0. The van der Waals surface area contributed by atoms with Crippen LogP contribution in [-0.4, -0.2) is 6.54 Å². The molecule has 0 spiro atoms. The van der Waals surface area contributed by atoms with E-state index in [1.807, 2.05) is 18.2 Å². The Balaban J connectivity index is 3.00. The summed E-state index contributed by atoms with van der Waals surface area (Å²) in [6, 6.07) is 8.17. The molecule has 0 atom stereocenters. The molecule has 1 aromatic rings. The first-order chi connectivity index (χ1) is 6.65. The van der Waals surface area contributed by atoms with E-state index in [4.69, 9.17) is 5.73 Å². The van der Waals surface area contributed by atoms with Gasteiger partial charge in [0.1, 0.15) is 0 Å². The summed E-state index contributed by atoms with van der Waals surface area (Å²) in [4.78, 5) is 0. The van der Waals surface area contributed by atoms with Crippen LogP contribution in [0.2, 0.25) is 0 Å². The summed E-state index contributed by atoms with van der Waals surface area (Å²) in [6.07, 6.45) is 2.16. The van der Waals surface area contributed by atoms with E-state index in [0.29, 0.717) is 12.5 Å². The van der Waals surface area contributed by atoms with Crippen LogP contribution >= 0.6 is 15.9 Å². The second kappa shape index (κ2) is 5.32. The molecule has 76 valence electrons. The Labute approximate surface area is 94.1 Å². The molecule has 0 aliphatic rings. The van der Waals surface area contributed by atoms with Crippen molar-refractivity contribution in [1.29, 1.82) is 0 Å². The molecule has 0 saturated carbocycles. The molecule has 0 aromatic heterocycles. The van der Waals surface area contributed by atoms with E-state index in [-0.39, 0.29) is 0 Å². The van der Waals surface area contributed by atoms with Gasteiger partial charge in [-0.05, 0) is 17.5 Å². The van der Waals surface area contributed by atoms with Crippen molar-refractivity contribution in [3.8, 4) is 0 Å². The highest BCUT2D eigenvalue weighted by Crippen LogP contribution is 2.20. The number of hydrogen-bond donors (Lipinski definition) is 1. The van der Waals surface area contributed by atoms with Gasteiger partial charge in [-0.25, -0.2) is 0 Å². The molecule has 0 unspecified atom stereocenters. The SMILES string of the molecule is CC(C)C(=Cc1ccccc1Br)CN. The Bertz CT molecular complexity index is 329. The summed E-state index contributed by atoms with van der Waals surface area (Å²) in [6.45, 7) is 4.95. The Morgan fingerprint density at radius 2 is 2.07 bits per heavy atom. The van der Waals surface area contributed by atoms with Crippen molar-refractivity contribution in [1.82, 2.24) is 0 Å². The first-order valence-corrected chi connectivity index (χ1v) is 5.59. The second-order valence-corrected chi connectivity index (χ2v) is 4.45. The van der Waals surface area contributed by atoms with Crippen LogP contribution in [0.3, 0.4) is 0 Å². The molecular formula is C12H16BrN. The molecule has 0 fully saturated rings. The third kappa shape index (κ3) is 2.96. The van der Waals surface area contributed by atoms with Crippen LogP contribution < -0.4 is 5.73 Å². The molecular weight excluding hydrogens is 238 g/mol. The van der Waals surface area contributed by atoms with E-state index in [1.54, 1.807) is 0 Å². The van der Waals surface area contributed by atoms with Crippen LogP contribution in [0.5, 0.6) is 0 Å². The molecule has 0 heterocycles. The lowest BCUT2D eigenvalue weighted by Crippen LogP contribution is -2.08. The average molecular weight is 254 g/mol. The van der Waals surface area contributed by atoms with Crippen molar-refractivity contribution in [3.05, 3.63) is 39.9 Å². The van der Waals surface area contributed by atoms with Gasteiger partial charge in [0.25, 0.3) is 0 Å². The van der Waals surface area contributed by atoms with Crippen molar-refractivity contribution in [2.75, 3.05) is 6.54 Å². The Kier molecular flexibility index (Phi) is 4.36. The minimum Gasteiger partial charge on any atom is -0.327 e. The molecule has 2 heteroatoms. The van der Waals surface area contributed by atoms with Crippen LogP contribution in [0.25, 0.3) is 6.08 Å². The lowest BCUT2D eigenvalue weighted by Gasteiger charge is -2.09.